The number of aromatic nitrogens is 3. The summed E-state index contributed by atoms with van der Waals surface area (Å²) < 4.78 is 25.3. The number of nitrogens with zero attached hydrogens (tertiary/aromatic N) is 5. The molecule has 1 fully saturated rings. The number of imide groups is 1. The van der Waals surface area contributed by atoms with Gasteiger partial charge in [0.25, 0.3) is 0 Å². The average molecular weight is 378 g/mol. The number of sulfonamides is 1. The van der Waals surface area contributed by atoms with Crippen molar-refractivity contribution < 1.29 is 18.0 Å². The number of aryl methyl sites for hydroxylation is 1. The number of pyridine rings is 1. The third kappa shape index (κ3) is 3.67. The fourth-order valence-electron chi connectivity index (χ4n) is 2.58. The van der Waals surface area contributed by atoms with Crippen molar-refractivity contribution in [1.29, 1.82) is 0 Å². The topological polar surface area (TPSA) is 118 Å². The maximum Gasteiger partial charge on any atom is 0.341 e. The van der Waals surface area contributed by atoms with Gasteiger partial charge in [-0.1, -0.05) is 0 Å². The van der Waals surface area contributed by atoms with Crippen LogP contribution in [-0.2, 0) is 23.6 Å². The van der Waals surface area contributed by atoms with Crippen LogP contribution in [0, 0.1) is 0 Å². The minimum absolute atomic E-state index is 0.0228. The number of amides is 4. The van der Waals surface area contributed by atoms with Crippen LogP contribution < -0.4 is 5.32 Å². The van der Waals surface area contributed by atoms with Crippen LogP contribution in [0.3, 0.4) is 0 Å². The van der Waals surface area contributed by atoms with E-state index in [0.29, 0.717) is 10.00 Å². The summed E-state index contributed by atoms with van der Waals surface area (Å²) in [5, 5.41) is 6.72. The van der Waals surface area contributed by atoms with Gasteiger partial charge in [-0.3, -0.25) is 9.67 Å². The molecule has 3 heterocycles. The van der Waals surface area contributed by atoms with Gasteiger partial charge in [0.2, 0.25) is 10.0 Å². The molecule has 2 aromatic rings. The van der Waals surface area contributed by atoms with Gasteiger partial charge < -0.3 is 5.32 Å². The summed E-state index contributed by atoms with van der Waals surface area (Å²) in [5.74, 6) is 0. The second kappa shape index (κ2) is 6.75. The van der Waals surface area contributed by atoms with Gasteiger partial charge in [0.1, 0.15) is 0 Å². The highest BCUT2D eigenvalue weighted by atomic mass is 32.2. The molecule has 0 radical (unpaired) electrons. The van der Waals surface area contributed by atoms with Gasteiger partial charge in [-0.15, -0.1) is 0 Å². The summed E-state index contributed by atoms with van der Waals surface area (Å²) in [4.78, 5) is 29.4. The van der Waals surface area contributed by atoms with E-state index in [4.69, 9.17) is 0 Å². The molecule has 11 heteroatoms. The monoisotopic (exact) mass is 378 g/mol. The van der Waals surface area contributed by atoms with E-state index >= 15 is 0 Å². The van der Waals surface area contributed by atoms with Crippen LogP contribution in [-0.4, -0.2) is 63.8 Å². The van der Waals surface area contributed by atoms with E-state index < -0.39 is 22.1 Å². The van der Waals surface area contributed by atoms with Gasteiger partial charge in [-0.2, -0.15) is 5.10 Å². The number of carbonyl (C=O) groups is 2. The van der Waals surface area contributed by atoms with Gasteiger partial charge in [0, 0.05) is 31.5 Å². The first-order chi connectivity index (χ1) is 12.3. The predicted molar refractivity (Wildman–Crippen MR) is 92.3 cm³/mol. The van der Waals surface area contributed by atoms with Crippen molar-refractivity contribution in [3.05, 3.63) is 36.3 Å². The summed E-state index contributed by atoms with van der Waals surface area (Å²) >= 11 is 0. The standard InChI is InChI=1S/C15H18N6O4S/c1-19-10-12(9-18-19)13-7-11(3-4-16-13)8-17-14(22)20-5-6-21(15(20)23)26(2,24)25/h3-4,7,9-10H,5-6,8H2,1-2H3,(H,17,22). The Labute approximate surface area is 150 Å². The maximum atomic E-state index is 12.2. The molecule has 0 aromatic carbocycles. The number of hydrogen-bond donors (Lipinski definition) is 1. The van der Waals surface area contributed by atoms with Crippen LogP contribution >= 0.6 is 0 Å². The largest absolute Gasteiger partial charge is 0.341 e. The molecular formula is C15H18N6O4S. The Morgan fingerprint density at radius 3 is 2.73 bits per heavy atom. The first kappa shape index (κ1) is 17.9. The highest BCUT2D eigenvalue weighted by Crippen LogP contribution is 2.17. The second-order valence-corrected chi connectivity index (χ2v) is 7.79. The Kier molecular flexibility index (Phi) is 4.64. The normalized spacial score (nSPS) is 14.8. The van der Waals surface area contributed by atoms with Crippen molar-refractivity contribution in [1.82, 2.24) is 29.3 Å². The Bertz CT molecular complexity index is 955. The van der Waals surface area contributed by atoms with Crippen LogP contribution in [0.15, 0.2) is 30.7 Å². The van der Waals surface area contributed by atoms with Gasteiger partial charge in [-0.25, -0.2) is 27.2 Å². The highest BCUT2D eigenvalue weighted by molar-refractivity contribution is 7.88. The fraction of sp³-hybridized carbons (Fsp3) is 0.333. The van der Waals surface area contributed by atoms with Crippen molar-refractivity contribution in [3.8, 4) is 11.3 Å². The Balaban J connectivity index is 1.64. The average Bonchev–Trinajstić information content (AvgIpc) is 3.18. The zero-order valence-electron chi connectivity index (χ0n) is 14.3. The van der Waals surface area contributed by atoms with Crippen molar-refractivity contribution in [2.24, 2.45) is 7.05 Å². The molecule has 0 spiro atoms. The van der Waals surface area contributed by atoms with Gasteiger partial charge in [0.05, 0.1) is 31.2 Å². The summed E-state index contributed by atoms with van der Waals surface area (Å²) in [6.45, 7) is 0.164. The first-order valence-electron chi connectivity index (χ1n) is 7.76. The van der Waals surface area contributed by atoms with Crippen LogP contribution in [0.5, 0.6) is 0 Å². The lowest BCUT2D eigenvalue weighted by molar-refractivity contribution is 0.193. The zero-order valence-corrected chi connectivity index (χ0v) is 15.1. The third-order valence-electron chi connectivity index (χ3n) is 3.89. The fourth-order valence-corrected chi connectivity index (χ4v) is 3.38. The van der Waals surface area contributed by atoms with E-state index in [-0.39, 0.29) is 19.6 Å². The lowest BCUT2D eigenvalue weighted by Crippen LogP contribution is -2.43. The zero-order chi connectivity index (χ0) is 18.9. The molecule has 138 valence electrons. The third-order valence-corrected chi connectivity index (χ3v) is 5.02. The molecule has 0 unspecified atom stereocenters. The minimum atomic E-state index is -3.67. The number of nitrogens with one attached hydrogen (secondary N) is 1. The van der Waals surface area contributed by atoms with Crippen molar-refractivity contribution >= 4 is 22.1 Å². The number of rotatable bonds is 4. The molecule has 0 bridgehead atoms. The lowest BCUT2D eigenvalue weighted by atomic mass is 10.1. The molecule has 26 heavy (non-hydrogen) atoms. The molecule has 0 atom stereocenters. The maximum absolute atomic E-state index is 12.2. The van der Waals surface area contributed by atoms with E-state index in [2.05, 4.69) is 15.4 Å². The first-order valence-corrected chi connectivity index (χ1v) is 9.61. The number of carbonyl (C=O) groups excluding carboxylic acids is 2. The molecule has 1 saturated heterocycles. The van der Waals surface area contributed by atoms with Crippen LogP contribution in [0.25, 0.3) is 11.3 Å². The molecular weight excluding hydrogens is 360 g/mol. The molecule has 1 aliphatic heterocycles. The van der Waals surface area contributed by atoms with Crippen molar-refractivity contribution in [2.45, 2.75) is 6.54 Å². The smallest absolute Gasteiger partial charge is 0.333 e. The summed E-state index contributed by atoms with van der Waals surface area (Å²) in [6, 6.07) is 2.08. The van der Waals surface area contributed by atoms with Crippen LogP contribution in [0.1, 0.15) is 5.56 Å². The van der Waals surface area contributed by atoms with Crippen LogP contribution in [0.2, 0.25) is 0 Å². The molecule has 4 amide bonds. The van der Waals surface area contributed by atoms with Crippen LogP contribution in [0.4, 0.5) is 9.59 Å². The minimum Gasteiger partial charge on any atom is -0.333 e. The van der Waals surface area contributed by atoms with Gasteiger partial charge in [0.15, 0.2) is 0 Å². The quantitative estimate of drug-likeness (QED) is 0.822. The molecule has 1 aliphatic rings. The molecule has 0 aliphatic carbocycles. The summed E-state index contributed by atoms with van der Waals surface area (Å²) in [6.07, 6.45) is 6.07. The molecule has 3 rings (SSSR count). The Morgan fingerprint density at radius 1 is 1.35 bits per heavy atom. The van der Waals surface area contributed by atoms with E-state index in [1.165, 1.54) is 0 Å². The predicted octanol–water partition coefficient (Wildman–Crippen LogP) is 0.389. The Morgan fingerprint density at radius 2 is 2.12 bits per heavy atom. The SMILES string of the molecule is Cn1cc(-c2cc(CNC(=O)N3CCN(S(C)(=O)=O)C3=O)ccn2)cn1. The van der Waals surface area contributed by atoms with Crippen molar-refractivity contribution in [3.63, 3.8) is 0 Å². The second-order valence-electron chi connectivity index (χ2n) is 5.88. The number of hydrogen-bond acceptors (Lipinski definition) is 6. The van der Waals surface area contributed by atoms with E-state index in [9.17, 15) is 18.0 Å². The summed E-state index contributed by atoms with van der Waals surface area (Å²) in [7, 11) is -1.87. The summed E-state index contributed by atoms with van der Waals surface area (Å²) in [5.41, 5.74) is 2.35. The van der Waals surface area contributed by atoms with Crippen molar-refractivity contribution in [2.75, 3.05) is 19.3 Å². The van der Waals surface area contributed by atoms with Gasteiger partial charge in [-0.05, 0) is 17.7 Å². The Hall–Kier alpha value is -2.95. The lowest BCUT2D eigenvalue weighted by Gasteiger charge is -2.16. The van der Waals surface area contributed by atoms with E-state index in [1.807, 2.05) is 12.3 Å². The molecule has 1 N–H and O–H groups in total. The molecule has 10 nitrogen and oxygen atoms in total. The highest BCUT2D eigenvalue weighted by Gasteiger charge is 2.37. The number of urea groups is 2. The van der Waals surface area contributed by atoms with E-state index in [0.717, 1.165) is 22.3 Å². The molecule has 2 aromatic heterocycles. The van der Waals surface area contributed by atoms with Gasteiger partial charge >= 0.3 is 12.1 Å². The van der Waals surface area contributed by atoms with E-state index in [1.54, 1.807) is 30.2 Å². The molecule has 0 saturated carbocycles.